The van der Waals surface area contributed by atoms with Gasteiger partial charge in [0.1, 0.15) is 0 Å². The highest BCUT2D eigenvalue weighted by Crippen LogP contribution is 2.19. The number of hydrogen-bond acceptors (Lipinski definition) is 4. The molecule has 0 radical (unpaired) electrons. The molecule has 2 N–H and O–H groups in total. The van der Waals surface area contributed by atoms with Crippen molar-refractivity contribution in [2.75, 3.05) is 16.4 Å². The average Bonchev–Trinajstić information content (AvgIpc) is 2.64. The summed E-state index contributed by atoms with van der Waals surface area (Å²) in [7, 11) is 0. The zero-order valence-corrected chi connectivity index (χ0v) is 14.2. The van der Waals surface area contributed by atoms with E-state index < -0.39 is 0 Å². The minimum Gasteiger partial charge on any atom is -0.618 e. The van der Waals surface area contributed by atoms with Crippen LogP contribution in [0.25, 0.3) is 0 Å². The molecule has 1 heterocycles. The smallest absolute Gasteiger partial charge is 0.251 e. The number of rotatable bonds is 6. The molecule has 0 spiro atoms. The molecule has 0 bridgehead atoms. The molecule has 5 nitrogen and oxygen atoms in total. The third kappa shape index (κ3) is 4.99. The van der Waals surface area contributed by atoms with Crippen LogP contribution in [-0.2, 0) is 4.79 Å². The van der Waals surface area contributed by atoms with Crippen molar-refractivity contribution in [1.82, 2.24) is 0 Å². The van der Waals surface area contributed by atoms with Crippen molar-refractivity contribution in [2.45, 2.75) is 5.03 Å². The van der Waals surface area contributed by atoms with E-state index in [4.69, 9.17) is 0 Å². The third-order valence-corrected chi connectivity index (χ3v) is 4.39. The standard InChI is InChI=1S/C19H17N3O2S/c23-18(14-25-19-8-4-5-13-22(19)24)21-17-11-9-16(10-12-17)20-15-6-2-1-3-7-15/h1-13,20H,14H2,(H,21,23). The van der Waals surface area contributed by atoms with E-state index in [2.05, 4.69) is 10.6 Å². The van der Waals surface area contributed by atoms with Gasteiger partial charge in [-0.2, -0.15) is 4.73 Å². The Bertz CT molecular complexity index is 839. The fourth-order valence-electron chi connectivity index (χ4n) is 2.19. The Balaban J connectivity index is 1.52. The number of nitrogens with one attached hydrogen (secondary N) is 2. The number of carbonyl (C=O) groups is 1. The number of para-hydroxylation sites is 1. The van der Waals surface area contributed by atoms with Gasteiger partial charge in [-0.05, 0) is 54.2 Å². The first-order chi connectivity index (χ1) is 12.2. The molecule has 1 amide bonds. The lowest BCUT2D eigenvalue weighted by atomic mass is 10.2. The summed E-state index contributed by atoms with van der Waals surface area (Å²) in [6.07, 6.45) is 1.42. The summed E-state index contributed by atoms with van der Waals surface area (Å²) in [5, 5.41) is 18.1. The van der Waals surface area contributed by atoms with Crippen LogP contribution < -0.4 is 15.4 Å². The van der Waals surface area contributed by atoms with Crippen LogP contribution in [0, 0.1) is 5.21 Å². The molecule has 0 aliphatic rings. The SMILES string of the molecule is O=C(CSc1cccc[n+]1[O-])Nc1ccc(Nc2ccccc2)cc1. The normalized spacial score (nSPS) is 10.2. The first-order valence-corrected chi connectivity index (χ1v) is 8.72. The van der Waals surface area contributed by atoms with Crippen LogP contribution in [0.3, 0.4) is 0 Å². The summed E-state index contributed by atoms with van der Waals surface area (Å²) in [6, 6.07) is 22.5. The fraction of sp³-hybridized carbons (Fsp3) is 0.0526. The van der Waals surface area contributed by atoms with Gasteiger partial charge in [0.2, 0.25) is 5.91 Å². The molecule has 2 aromatic carbocycles. The lowest BCUT2D eigenvalue weighted by Crippen LogP contribution is -2.28. The highest BCUT2D eigenvalue weighted by atomic mass is 32.2. The predicted molar refractivity (Wildman–Crippen MR) is 101 cm³/mol. The predicted octanol–water partition coefficient (Wildman–Crippen LogP) is 3.79. The molecule has 3 rings (SSSR count). The van der Waals surface area contributed by atoms with Gasteiger partial charge in [-0.3, -0.25) is 4.79 Å². The average molecular weight is 351 g/mol. The number of nitrogens with zero attached hydrogens (tertiary/aromatic N) is 1. The maximum absolute atomic E-state index is 12.0. The molecule has 3 aromatic rings. The molecule has 6 heteroatoms. The topological polar surface area (TPSA) is 68.1 Å². The van der Waals surface area contributed by atoms with E-state index in [0.29, 0.717) is 10.7 Å². The Morgan fingerprint density at radius 1 is 0.880 bits per heavy atom. The van der Waals surface area contributed by atoms with Crippen molar-refractivity contribution >= 4 is 34.7 Å². The summed E-state index contributed by atoms with van der Waals surface area (Å²) in [5.74, 6) is 0.0219. The summed E-state index contributed by atoms with van der Waals surface area (Å²) < 4.78 is 0.752. The second-order valence-electron chi connectivity index (χ2n) is 5.27. The zero-order valence-electron chi connectivity index (χ0n) is 13.4. The van der Waals surface area contributed by atoms with Crippen LogP contribution >= 0.6 is 11.8 Å². The Kier molecular flexibility index (Phi) is 5.53. The van der Waals surface area contributed by atoms with Gasteiger partial charge in [0.25, 0.3) is 5.03 Å². The number of aromatic nitrogens is 1. The van der Waals surface area contributed by atoms with Crippen LogP contribution in [0.1, 0.15) is 0 Å². The number of hydrogen-bond donors (Lipinski definition) is 2. The van der Waals surface area contributed by atoms with Gasteiger partial charge in [0.05, 0.1) is 5.75 Å². The first-order valence-electron chi connectivity index (χ1n) is 7.74. The molecule has 126 valence electrons. The quantitative estimate of drug-likeness (QED) is 0.403. The molecule has 0 saturated heterocycles. The van der Waals surface area contributed by atoms with Crippen molar-refractivity contribution in [2.24, 2.45) is 0 Å². The summed E-state index contributed by atoms with van der Waals surface area (Å²) >= 11 is 1.21. The Morgan fingerprint density at radius 3 is 2.24 bits per heavy atom. The van der Waals surface area contributed by atoms with Crippen LogP contribution in [0.4, 0.5) is 17.1 Å². The van der Waals surface area contributed by atoms with Gasteiger partial charge < -0.3 is 15.8 Å². The largest absolute Gasteiger partial charge is 0.618 e. The molecule has 0 aliphatic carbocycles. The van der Waals surface area contributed by atoms with E-state index >= 15 is 0 Å². The Morgan fingerprint density at radius 2 is 1.52 bits per heavy atom. The molecule has 0 saturated carbocycles. The highest BCUT2D eigenvalue weighted by molar-refractivity contribution is 7.99. The van der Waals surface area contributed by atoms with E-state index in [1.807, 2.05) is 54.6 Å². The zero-order chi connectivity index (χ0) is 17.5. The van der Waals surface area contributed by atoms with Crippen molar-refractivity contribution < 1.29 is 9.52 Å². The number of thioether (sulfide) groups is 1. The van der Waals surface area contributed by atoms with Gasteiger partial charge >= 0.3 is 0 Å². The summed E-state index contributed by atoms with van der Waals surface area (Å²) in [5.41, 5.74) is 2.66. The molecular formula is C19H17N3O2S. The van der Waals surface area contributed by atoms with Crippen molar-refractivity contribution in [3.05, 3.63) is 84.2 Å². The van der Waals surface area contributed by atoms with Gasteiger partial charge in [0.15, 0.2) is 6.20 Å². The maximum atomic E-state index is 12.0. The Hall–Kier alpha value is -2.99. The van der Waals surface area contributed by atoms with Crippen LogP contribution in [0.2, 0.25) is 0 Å². The van der Waals surface area contributed by atoms with Crippen LogP contribution in [-0.4, -0.2) is 11.7 Å². The molecule has 0 atom stereocenters. The molecule has 25 heavy (non-hydrogen) atoms. The lowest BCUT2D eigenvalue weighted by molar-refractivity contribution is -0.645. The van der Waals surface area contributed by atoms with Gasteiger partial charge in [0, 0.05) is 29.2 Å². The number of carbonyl (C=O) groups excluding carboxylic acids is 1. The minimum absolute atomic E-state index is 0.155. The van der Waals surface area contributed by atoms with Crippen LogP contribution in [0.5, 0.6) is 0 Å². The molecule has 1 aromatic heterocycles. The monoisotopic (exact) mass is 351 g/mol. The molecule has 0 unspecified atom stereocenters. The summed E-state index contributed by atoms with van der Waals surface area (Å²) in [4.78, 5) is 12.0. The van der Waals surface area contributed by atoms with Crippen LogP contribution in [0.15, 0.2) is 84.0 Å². The van der Waals surface area contributed by atoms with E-state index in [1.165, 1.54) is 18.0 Å². The van der Waals surface area contributed by atoms with Crippen molar-refractivity contribution in [1.29, 1.82) is 0 Å². The van der Waals surface area contributed by atoms with E-state index in [1.54, 1.807) is 18.2 Å². The summed E-state index contributed by atoms with van der Waals surface area (Å²) in [6.45, 7) is 0. The van der Waals surface area contributed by atoms with Gasteiger partial charge in [-0.25, -0.2) is 0 Å². The van der Waals surface area contributed by atoms with Crippen molar-refractivity contribution in [3.8, 4) is 0 Å². The number of amides is 1. The molecule has 0 aliphatic heterocycles. The van der Waals surface area contributed by atoms with Gasteiger partial charge in [-0.15, -0.1) is 0 Å². The minimum atomic E-state index is -0.155. The highest BCUT2D eigenvalue weighted by Gasteiger charge is 2.09. The number of pyridine rings is 1. The Labute approximate surface area is 150 Å². The number of benzene rings is 2. The van der Waals surface area contributed by atoms with E-state index in [-0.39, 0.29) is 11.7 Å². The van der Waals surface area contributed by atoms with Gasteiger partial charge in [-0.1, -0.05) is 18.2 Å². The lowest BCUT2D eigenvalue weighted by Gasteiger charge is -2.08. The van der Waals surface area contributed by atoms with Crippen molar-refractivity contribution in [3.63, 3.8) is 0 Å². The van der Waals surface area contributed by atoms with E-state index in [9.17, 15) is 10.0 Å². The maximum Gasteiger partial charge on any atom is 0.251 e. The molecule has 0 fully saturated rings. The third-order valence-electron chi connectivity index (χ3n) is 3.37. The first kappa shape index (κ1) is 16.9. The molecular weight excluding hydrogens is 334 g/mol. The number of anilines is 3. The second-order valence-corrected chi connectivity index (χ2v) is 6.27. The van der Waals surface area contributed by atoms with E-state index in [0.717, 1.165) is 16.1 Å². The fourth-order valence-corrected chi connectivity index (χ4v) is 2.90. The second kappa shape index (κ2) is 8.21.